The standard InChI is InChI=1S/C16H15N7/c1-10-7-14(22-21-10)20-16-19-13(12-5-3-4-6-17-12)8-15-18-11(2)9-23(15)16/h3-9H,1-2H3,(H2,19,20,21,22). The van der Waals surface area contributed by atoms with Crippen LogP contribution in [0.2, 0.25) is 0 Å². The van der Waals surface area contributed by atoms with Gasteiger partial charge in [-0.25, -0.2) is 9.97 Å². The van der Waals surface area contributed by atoms with Crippen molar-refractivity contribution in [3.63, 3.8) is 0 Å². The third-order valence-electron chi connectivity index (χ3n) is 3.45. The minimum atomic E-state index is 0.648. The number of H-pyrrole nitrogens is 1. The number of aromatic nitrogens is 6. The molecule has 4 rings (SSSR count). The average molecular weight is 305 g/mol. The number of imidazole rings is 1. The zero-order valence-electron chi connectivity index (χ0n) is 12.8. The van der Waals surface area contributed by atoms with Crippen LogP contribution in [0.4, 0.5) is 11.8 Å². The number of pyridine rings is 1. The largest absolute Gasteiger partial charge is 0.308 e. The van der Waals surface area contributed by atoms with Crippen LogP contribution < -0.4 is 5.32 Å². The van der Waals surface area contributed by atoms with E-state index in [4.69, 9.17) is 0 Å². The van der Waals surface area contributed by atoms with E-state index in [1.165, 1.54) is 0 Å². The van der Waals surface area contributed by atoms with E-state index in [-0.39, 0.29) is 0 Å². The fraction of sp³-hybridized carbons (Fsp3) is 0.125. The second-order valence-corrected chi connectivity index (χ2v) is 5.35. The Balaban J connectivity index is 1.87. The van der Waals surface area contributed by atoms with Crippen LogP contribution >= 0.6 is 0 Å². The lowest BCUT2D eigenvalue weighted by Gasteiger charge is -2.08. The fourth-order valence-corrected chi connectivity index (χ4v) is 2.44. The van der Waals surface area contributed by atoms with Crippen molar-refractivity contribution in [2.45, 2.75) is 13.8 Å². The van der Waals surface area contributed by atoms with Crippen molar-refractivity contribution in [1.29, 1.82) is 0 Å². The molecule has 114 valence electrons. The molecule has 0 saturated heterocycles. The molecule has 4 heterocycles. The second-order valence-electron chi connectivity index (χ2n) is 5.35. The Morgan fingerprint density at radius 3 is 2.74 bits per heavy atom. The summed E-state index contributed by atoms with van der Waals surface area (Å²) >= 11 is 0. The van der Waals surface area contributed by atoms with E-state index in [0.717, 1.165) is 28.4 Å². The number of aromatic amines is 1. The molecule has 7 nitrogen and oxygen atoms in total. The Hall–Kier alpha value is -3.22. The number of rotatable bonds is 3. The van der Waals surface area contributed by atoms with Crippen LogP contribution in [-0.4, -0.2) is 29.5 Å². The Bertz CT molecular complexity index is 969. The van der Waals surface area contributed by atoms with Gasteiger partial charge < -0.3 is 5.32 Å². The predicted molar refractivity (Wildman–Crippen MR) is 87.6 cm³/mol. The van der Waals surface area contributed by atoms with Crippen molar-refractivity contribution in [2.24, 2.45) is 0 Å². The average Bonchev–Trinajstić information content (AvgIpc) is 3.13. The number of hydrogen-bond donors (Lipinski definition) is 2. The monoisotopic (exact) mass is 305 g/mol. The quantitative estimate of drug-likeness (QED) is 0.608. The molecule has 4 aromatic heterocycles. The second kappa shape index (κ2) is 5.20. The van der Waals surface area contributed by atoms with Crippen LogP contribution in [0.3, 0.4) is 0 Å². The van der Waals surface area contributed by atoms with Gasteiger partial charge in [-0.1, -0.05) is 6.07 Å². The lowest BCUT2D eigenvalue weighted by Crippen LogP contribution is -2.03. The first-order valence-electron chi connectivity index (χ1n) is 7.26. The third kappa shape index (κ3) is 2.52. The third-order valence-corrected chi connectivity index (χ3v) is 3.45. The molecular formula is C16H15N7. The highest BCUT2D eigenvalue weighted by molar-refractivity contribution is 5.65. The smallest absolute Gasteiger partial charge is 0.215 e. The normalized spacial score (nSPS) is 11.0. The van der Waals surface area contributed by atoms with E-state index in [1.807, 2.05) is 54.8 Å². The number of nitrogens with zero attached hydrogens (tertiary/aromatic N) is 5. The minimum absolute atomic E-state index is 0.648. The molecular weight excluding hydrogens is 290 g/mol. The molecule has 0 saturated carbocycles. The van der Waals surface area contributed by atoms with Gasteiger partial charge in [-0.15, -0.1) is 0 Å². The molecule has 4 aromatic rings. The van der Waals surface area contributed by atoms with E-state index in [9.17, 15) is 0 Å². The highest BCUT2D eigenvalue weighted by atomic mass is 15.3. The zero-order valence-corrected chi connectivity index (χ0v) is 12.8. The number of fused-ring (bicyclic) bond motifs is 1. The Kier molecular flexibility index (Phi) is 3.04. The van der Waals surface area contributed by atoms with Gasteiger partial charge in [0.1, 0.15) is 5.65 Å². The molecule has 0 spiro atoms. The van der Waals surface area contributed by atoms with E-state index in [1.54, 1.807) is 6.20 Å². The molecule has 0 aliphatic rings. The molecule has 0 aliphatic heterocycles. The van der Waals surface area contributed by atoms with Gasteiger partial charge in [-0.2, -0.15) is 5.10 Å². The summed E-state index contributed by atoms with van der Waals surface area (Å²) in [6.07, 6.45) is 3.69. The van der Waals surface area contributed by atoms with E-state index < -0.39 is 0 Å². The van der Waals surface area contributed by atoms with Gasteiger partial charge in [0, 0.05) is 30.2 Å². The molecule has 2 N–H and O–H groups in total. The van der Waals surface area contributed by atoms with Crippen molar-refractivity contribution >= 4 is 17.4 Å². The summed E-state index contributed by atoms with van der Waals surface area (Å²) in [4.78, 5) is 13.6. The van der Waals surface area contributed by atoms with Crippen molar-refractivity contribution in [2.75, 3.05) is 5.32 Å². The van der Waals surface area contributed by atoms with Gasteiger partial charge >= 0.3 is 0 Å². The van der Waals surface area contributed by atoms with Gasteiger partial charge in [0.15, 0.2) is 5.82 Å². The molecule has 0 aromatic carbocycles. The first-order valence-corrected chi connectivity index (χ1v) is 7.26. The lowest BCUT2D eigenvalue weighted by atomic mass is 10.2. The summed E-state index contributed by atoms with van der Waals surface area (Å²) in [5.74, 6) is 1.36. The van der Waals surface area contributed by atoms with Crippen LogP contribution in [0.1, 0.15) is 11.4 Å². The molecule has 0 fully saturated rings. The zero-order chi connectivity index (χ0) is 15.8. The maximum atomic E-state index is 4.68. The minimum Gasteiger partial charge on any atom is -0.308 e. The van der Waals surface area contributed by atoms with Crippen LogP contribution in [0.15, 0.2) is 42.7 Å². The fourth-order valence-electron chi connectivity index (χ4n) is 2.44. The summed E-state index contributed by atoms with van der Waals surface area (Å²) in [6.45, 7) is 3.91. The van der Waals surface area contributed by atoms with E-state index in [0.29, 0.717) is 11.8 Å². The summed E-state index contributed by atoms with van der Waals surface area (Å²) in [5.41, 5.74) is 4.28. The van der Waals surface area contributed by atoms with Crippen LogP contribution in [-0.2, 0) is 0 Å². The molecule has 0 aliphatic carbocycles. The Morgan fingerprint density at radius 1 is 1.09 bits per heavy atom. The lowest BCUT2D eigenvalue weighted by molar-refractivity contribution is 1.03. The topological polar surface area (TPSA) is 83.8 Å². The number of nitrogens with one attached hydrogen (secondary N) is 2. The molecule has 0 bridgehead atoms. The van der Waals surface area contributed by atoms with Crippen LogP contribution in [0.5, 0.6) is 0 Å². The predicted octanol–water partition coefficient (Wildman–Crippen LogP) is 2.87. The molecule has 0 atom stereocenters. The van der Waals surface area contributed by atoms with E-state index >= 15 is 0 Å². The summed E-state index contributed by atoms with van der Waals surface area (Å²) < 4.78 is 1.91. The van der Waals surface area contributed by atoms with Crippen LogP contribution in [0, 0.1) is 13.8 Å². The van der Waals surface area contributed by atoms with Crippen molar-refractivity contribution < 1.29 is 0 Å². The molecule has 0 unspecified atom stereocenters. The van der Waals surface area contributed by atoms with Crippen molar-refractivity contribution in [1.82, 2.24) is 29.5 Å². The van der Waals surface area contributed by atoms with Gasteiger partial charge in [0.25, 0.3) is 0 Å². The highest BCUT2D eigenvalue weighted by Gasteiger charge is 2.11. The molecule has 0 amide bonds. The Morgan fingerprint density at radius 2 is 2.00 bits per heavy atom. The van der Waals surface area contributed by atoms with Crippen LogP contribution in [0.25, 0.3) is 17.0 Å². The van der Waals surface area contributed by atoms with Crippen molar-refractivity contribution in [3.05, 3.63) is 54.1 Å². The molecule has 23 heavy (non-hydrogen) atoms. The number of aryl methyl sites for hydroxylation is 2. The maximum Gasteiger partial charge on any atom is 0.215 e. The van der Waals surface area contributed by atoms with Gasteiger partial charge in [0.2, 0.25) is 5.95 Å². The van der Waals surface area contributed by atoms with Gasteiger partial charge in [-0.3, -0.25) is 14.5 Å². The maximum absolute atomic E-state index is 4.68. The number of anilines is 2. The number of hydrogen-bond acceptors (Lipinski definition) is 5. The summed E-state index contributed by atoms with van der Waals surface area (Å²) in [5, 5.41) is 10.3. The SMILES string of the molecule is Cc1cn2c(Nc3cc(C)[nH]n3)nc(-c3ccccn3)cc2n1. The van der Waals surface area contributed by atoms with Gasteiger partial charge in [0.05, 0.1) is 17.1 Å². The Labute approximate surface area is 132 Å². The first-order chi connectivity index (χ1) is 11.2. The highest BCUT2D eigenvalue weighted by Crippen LogP contribution is 2.22. The summed E-state index contributed by atoms with van der Waals surface area (Å²) in [6, 6.07) is 9.60. The first kappa shape index (κ1) is 13.4. The van der Waals surface area contributed by atoms with Crippen molar-refractivity contribution in [3.8, 4) is 11.4 Å². The molecule has 0 radical (unpaired) electrons. The van der Waals surface area contributed by atoms with Gasteiger partial charge in [-0.05, 0) is 26.0 Å². The summed E-state index contributed by atoms with van der Waals surface area (Å²) in [7, 11) is 0. The van der Waals surface area contributed by atoms with E-state index in [2.05, 4.69) is 30.5 Å². The molecule has 7 heteroatoms.